The quantitative estimate of drug-likeness (QED) is 0.709. The summed E-state index contributed by atoms with van der Waals surface area (Å²) < 4.78 is 0. The summed E-state index contributed by atoms with van der Waals surface area (Å²) >= 11 is 0. The molecule has 1 rings (SSSR count). The van der Waals surface area contributed by atoms with Crippen molar-refractivity contribution >= 4 is 0 Å². The van der Waals surface area contributed by atoms with Crippen LogP contribution in [0.3, 0.4) is 0 Å². The molecule has 0 aliphatic carbocycles. The van der Waals surface area contributed by atoms with E-state index in [9.17, 15) is 0 Å². The number of rotatable bonds is 2. The lowest BCUT2D eigenvalue weighted by molar-refractivity contribution is 0.633. The van der Waals surface area contributed by atoms with Gasteiger partial charge in [0.2, 0.25) is 0 Å². The van der Waals surface area contributed by atoms with E-state index in [0.717, 1.165) is 5.69 Å². The first-order chi connectivity index (χ1) is 5.77. The Morgan fingerprint density at radius 2 is 2.33 bits per heavy atom. The van der Waals surface area contributed by atoms with Gasteiger partial charge in [0.1, 0.15) is 6.07 Å². The molecule has 1 aromatic rings. The average Bonchev–Trinajstić information content (AvgIpc) is 2.17. The van der Waals surface area contributed by atoms with Crippen LogP contribution in [0.25, 0.3) is 0 Å². The molecule has 1 heterocycles. The van der Waals surface area contributed by atoms with E-state index in [2.05, 4.69) is 10.3 Å². The molecule has 1 N–H and O–H groups in total. The summed E-state index contributed by atoms with van der Waals surface area (Å²) in [5, 5.41) is 11.6. The molecule has 3 heteroatoms. The number of pyridine rings is 1. The Bertz CT molecular complexity index is 284. The van der Waals surface area contributed by atoms with Crippen LogP contribution in [0.4, 0.5) is 0 Å². The van der Waals surface area contributed by atoms with E-state index >= 15 is 0 Å². The summed E-state index contributed by atoms with van der Waals surface area (Å²) in [6, 6.07) is 5.90. The number of hydrogen-bond acceptors (Lipinski definition) is 3. The maximum absolute atomic E-state index is 8.52. The topological polar surface area (TPSA) is 48.7 Å². The van der Waals surface area contributed by atoms with Crippen molar-refractivity contribution in [2.24, 2.45) is 0 Å². The van der Waals surface area contributed by atoms with Gasteiger partial charge in [-0.05, 0) is 26.1 Å². The fourth-order valence-corrected chi connectivity index (χ4v) is 0.875. The molecule has 0 spiro atoms. The van der Waals surface area contributed by atoms with Crippen molar-refractivity contribution in [1.82, 2.24) is 10.3 Å². The molecule has 0 aromatic carbocycles. The molecule has 0 amide bonds. The summed E-state index contributed by atoms with van der Waals surface area (Å²) in [5.41, 5.74) is 1.55. The van der Waals surface area contributed by atoms with Crippen LogP contribution < -0.4 is 5.32 Å². The van der Waals surface area contributed by atoms with Crippen LogP contribution in [0.2, 0.25) is 0 Å². The van der Waals surface area contributed by atoms with Crippen LogP contribution in [0, 0.1) is 11.3 Å². The SMILES string of the molecule is CNC(C)c1ccc(C#N)cn1. The first-order valence-corrected chi connectivity index (χ1v) is 3.81. The molecule has 0 aliphatic rings. The largest absolute Gasteiger partial charge is 0.312 e. The first kappa shape index (κ1) is 8.69. The third-order valence-electron chi connectivity index (χ3n) is 1.79. The summed E-state index contributed by atoms with van der Waals surface area (Å²) in [4.78, 5) is 4.14. The van der Waals surface area contributed by atoms with Crippen LogP contribution >= 0.6 is 0 Å². The molecule has 0 aliphatic heterocycles. The highest BCUT2D eigenvalue weighted by Crippen LogP contribution is 2.07. The van der Waals surface area contributed by atoms with Crippen molar-refractivity contribution in [3.8, 4) is 6.07 Å². The Balaban J connectivity index is 2.86. The van der Waals surface area contributed by atoms with Crippen LogP contribution in [0.1, 0.15) is 24.2 Å². The van der Waals surface area contributed by atoms with Crippen molar-refractivity contribution in [1.29, 1.82) is 5.26 Å². The molecular formula is C9H11N3. The molecule has 62 valence electrons. The van der Waals surface area contributed by atoms with Crippen molar-refractivity contribution in [3.05, 3.63) is 29.6 Å². The van der Waals surface area contributed by atoms with Crippen molar-refractivity contribution in [2.45, 2.75) is 13.0 Å². The molecule has 1 unspecified atom stereocenters. The zero-order valence-corrected chi connectivity index (χ0v) is 7.20. The highest BCUT2D eigenvalue weighted by molar-refractivity contribution is 5.26. The van der Waals surface area contributed by atoms with Gasteiger partial charge in [0, 0.05) is 12.2 Å². The lowest BCUT2D eigenvalue weighted by Gasteiger charge is -2.08. The number of aromatic nitrogens is 1. The lowest BCUT2D eigenvalue weighted by Crippen LogP contribution is -2.13. The van der Waals surface area contributed by atoms with E-state index in [0.29, 0.717) is 5.56 Å². The normalized spacial score (nSPS) is 12.1. The highest BCUT2D eigenvalue weighted by Gasteiger charge is 2.02. The predicted molar refractivity (Wildman–Crippen MR) is 46.4 cm³/mol. The second-order valence-corrected chi connectivity index (χ2v) is 2.59. The second kappa shape index (κ2) is 3.84. The number of hydrogen-bond donors (Lipinski definition) is 1. The van der Waals surface area contributed by atoms with Gasteiger partial charge in [-0.2, -0.15) is 5.26 Å². The van der Waals surface area contributed by atoms with Gasteiger partial charge >= 0.3 is 0 Å². The lowest BCUT2D eigenvalue weighted by atomic mass is 10.2. The molecule has 0 saturated heterocycles. The second-order valence-electron chi connectivity index (χ2n) is 2.59. The van der Waals surface area contributed by atoms with Crippen LogP contribution in [-0.2, 0) is 0 Å². The van der Waals surface area contributed by atoms with E-state index in [1.54, 1.807) is 12.3 Å². The van der Waals surface area contributed by atoms with Crippen LogP contribution in [0.5, 0.6) is 0 Å². The molecular weight excluding hydrogens is 150 g/mol. The van der Waals surface area contributed by atoms with Crippen LogP contribution in [0.15, 0.2) is 18.3 Å². The number of nitrogens with zero attached hydrogens (tertiary/aromatic N) is 2. The molecule has 1 atom stereocenters. The van der Waals surface area contributed by atoms with Crippen molar-refractivity contribution in [2.75, 3.05) is 7.05 Å². The van der Waals surface area contributed by atoms with Gasteiger partial charge < -0.3 is 5.32 Å². The van der Waals surface area contributed by atoms with Gasteiger partial charge in [-0.3, -0.25) is 4.98 Å². The fourth-order valence-electron chi connectivity index (χ4n) is 0.875. The molecule has 0 fully saturated rings. The van der Waals surface area contributed by atoms with Crippen molar-refractivity contribution in [3.63, 3.8) is 0 Å². The Morgan fingerprint density at radius 3 is 2.75 bits per heavy atom. The Morgan fingerprint density at radius 1 is 1.58 bits per heavy atom. The highest BCUT2D eigenvalue weighted by atomic mass is 14.9. The summed E-state index contributed by atoms with van der Waals surface area (Å²) in [5.74, 6) is 0. The maximum atomic E-state index is 8.52. The van der Waals surface area contributed by atoms with Gasteiger partial charge in [-0.15, -0.1) is 0 Å². The summed E-state index contributed by atoms with van der Waals surface area (Å²) in [7, 11) is 1.88. The molecule has 12 heavy (non-hydrogen) atoms. The molecule has 0 saturated carbocycles. The number of nitrogens with one attached hydrogen (secondary N) is 1. The summed E-state index contributed by atoms with van der Waals surface area (Å²) in [6.45, 7) is 2.02. The number of nitriles is 1. The minimum atomic E-state index is 0.234. The van der Waals surface area contributed by atoms with Gasteiger partial charge in [-0.25, -0.2) is 0 Å². The third kappa shape index (κ3) is 1.80. The standard InChI is InChI=1S/C9H11N3/c1-7(11-2)9-4-3-8(5-10)6-12-9/h3-4,6-7,11H,1-2H3. The minimum absolute atomic E-state index is 0.234. The Hall–Kier alpha value is -1.40. The van der Waals surface area contributed by atoms with Gasteiger partial charge in [-0.1, -0.05) is 0 Å². The molecule has 0 radical (unpaired) electrons. The van der Waals surface area contributed by atoms with Gasteiger partial charge in [0.05, 0.1) is 11.3 Å². The van der Waals surface area contributed by atoms with Gasteiger partial charge in [0.15, 0.2) is 0 Å². The molecule has 0 bridgehead atoms. The molecule has 1 aromatic heterocycles. The fraction of sp³-hybridized carbons (Fsp3) is 0.333. The van der Waals surface area contributed by atoms with E-state index in [1.165, 1.54) is 0 Å². The Labute approximate surface area is 72.1 Å². The van der Waals surface area contributed by atoms with Crippen molar-refractivity contribution < 1.29 is 0 Å². The third-order valence-corrected chi connectivity index (χ3v) is 1.79. The Kier molecular flexibility index (Phi) is 2.78. The van der Waals surface area contributed by atoms with E-state index in [4.69, 9.17) is 5.26 Å². The zero-order valence-electron chi connectivity index (χ0n) is 7.20. The van der Waals surface area contributed by atoms with E-state index < -0.39 is 0 Å². The minimum Gasteiger partial charge on any atom is -0.312 e. The average molecular weight is 161 g/mol. The summed E-state index contributed by atoms with van der Waals surface area (Å²) in [6.07, 6.45) is 1.59. The van der Waals surface area contributed by atoms with Gasteiger partial charge in [0.25, 0.3) is 0 Å². The maximum Gasteiger partial charge on any atom is 0.101 e. The zero-order chi connectivity index (χ0) is 8.97. The van der Waals surface area contributed by atoms with E-state index in [1.807, 2.05) is 26.1 Å². The monoisotopic (exact) mass is 161 g/mol. The predicted octanol–water partition coefficient (Wildman–Crippen LogP) is 1.23. The van der Waals surface area contributed by atoms with E-state index in [-0.39, 0.29) is 6.04 Å². The van der Waals surface area contributed by atoms with Crippen LogP contribution in [-0.4, -0.2) is 12.0 Å². The smallest absolute Gasteiger partial charge is 0.101 e. The first-order valence-electron chi connectivity index (χ1n) is 3.81. The molecule has 3 nitrogen and oxygen atoms in total.